The van der Waals surface area contributed by atoms with E-state index in [2.05, 4.69) is 55.8 Å². The molecule has 2 aromatic rings. The topological polar surface area (TPSA) is 45.1 Å². The summed E-state index contributed by atoms with van der Waals surface area (Å²) in [6, 6.07) is 7.13. The van der Waals surface area contributed by atoms with E-state index in [0.29, 0.717) is 12.0 Å². The Morgan fingerprint density at radius 2 is 2.29 bits per heavy atom. The maximum Gasteiger partial charge on any atom is 0.124 e. The van der Waals surface area contributed by atoms with E-state index >= 15 is 0 Å². The average molecular weight is 346 g/mol. The zero-order valence-electron chi connectivity index (χ0n) is 14.4. The van der Waals surface area contributed by atoms with Crippen molar-refractivity contribution in [2.45, 2.75) is 32.4 Å². The van der Waals surface area contributed by atoms with Gasteiger partial charge in [0.25, 0.3) is 0 Å². The van der Waals surface area contributed by atoms with Crippen LogP contribution in [-0.4, -0.2) is 47.4 Å². The Morgan fingerprint density at radius 1 is 1.42 bits per heavy atom. The van der Waals surface area contributed by atoms with E-state index < -0.39 is 0 Å². The predicted octanol–water partition coefficient (Wildman–Crippen LogP) is 2.72. The van der Waals surface area contributed by atoms with Crippen molar-refractivity contribution >= 4 is 17.2 Å². The summed E-state index contributed by atoms with van der Waals surface area (Å²) in [7, 11) is 0. The Morgan fingerprint density at radius 3 is 3.08 bits per heavy atom. The summed E-state index contributed by atoms with van der Waals surface area (Å²) in [5.74, 6) is 1.76. The number of nitrogens with zero attached hydrogens (tertiary/aromatic N) is 3. The fraction of sp³-hybridized carbons (Fsp3) is 0.611. The first kappa shape index (κ1) is 16.1. The SMILES string of the molecule is Cc1cc2n(n1)C[C@H](CNC[C@@H](c1cccs1)N1CCCC1)CN2. The molecule has 2 atom stereocenters. The Kier molecular flexibility index (Phi) is 4.87. The lowest BCUT2D eigenvalue weighted by atomic mass is 10.1. The molecule has 2 aliphatic rings. The van der Waals surface area contributed by atoms with Gasteiger partial charge in [0.2, 0.25) is 0 Å². The van der Waals surface area contributed by atoms with Crippen molar-refractivity contribution in [3.8, 4) is 0 Å². The van der Waals surface area contributed by atoms with Crippen LogP contribution < -0.4 is 10.6 Å². The molecule has 0 amide bonds. The third-order valence-corrected chi connectivity index (χ3v) is 6.10. The Balaban J connectivity index is 1.32. The molecule has 1 fully saturated rings. The Labute approximate surface area is 148 Å². The number of aryl methyl sites for hydroxylation is 1. The molecule has 24 heavy (non-hydrogen) atoms. The molecule has 6 heteroatoms. The van der Waals surface area contributed by atoms with Gasteiger partial charge in [0.05, 0.1) is 11.7 Å². The van der Waals surface area contributed by atoms with Gasteiger partial charge >= 0.3 is 0 Å². The summed E-state index contributed by atoms with van der Waals surface area (Å²) in [6.45, 7) is 8.67. The maximum atomic E-state index is 4.57. The lowest BCUT2D eigenvalue weighted by Gasteiger charge is -2.29. The highest BCUT2D eigenvalue weighted by Gasteiger charge is 2.25. The van der Waals surface area contributed by atoms with E-state index in [1.807, 2.05) is 11.3 Å². The zero-order chi connectivity index (χ0) is 16.4. The molecule has 4 rings (SSSR count). The molecule has 0 bridgehead atoms. The predicted molar refractivity (Wildman–Crippen MR) is 99.7 cm³/mol. The molecule has 1 saturated heterocycles. The van der Waals surface area contributed by atoms with Crippen molar-refractivity contribution in [1.82, 2.24) is 20.0 Å². The number of hydrogen-bond donors (Lipinski definition) is 2. The summed E-state index contributed by atoms with van der Waals surface area (Å²) < 4.78 is 2.11. The van der Waals surface area contributed by atoms with Crippen molar-refractivity contribution in [2.75, 3.05) is 38.0 Å². The minimum Gasteiger partial charge on any atom is -0.370 e. The molecule has 0 saturated carbocycles. The Hall–Kier alpha value is -1.37. The van der Waals surface area contributed by atoms with Gasteiger partial charge in [0.15, 0.2) is 0 Å². The normalized spacial score (nSPS) is 22.3. The number of hydrogen-bond acceptors (Lipinski definition) is 5. The second-order valence-corrected chi connectivity index (χ2v) is 8.01. The van der Waals surface area contributed by atoms with E-state index in [9.17, 15) is 0 Å². The third-order valence-electron chi connectivity index (χ3n) is 5.13. The van der Waals surface area contributed by atoms with Crippen LogP contribution >= 0.6 is 11.3 Å². The first-order valence-corrected chi connectivity index (χ1v) is 9.94. The lowest BCUT2D eigenvalue weighted by molar-refractivity contribution is 0.237. The second kappa shape index (κ2) is 7.25. The number of rotatable bonds is 6. The zero-order valence-corrected chi connectivity index (χ0v) is 15.2. The smallest absolute Gasteiger partial charge is 0.124 e. The van der Waals surface area contributed by atoms with E-state index in [0.717, 1.165) is 37.7 Å². The standard InChI is InChI=1S/C18H27N5S/c1-14-9-18-20-11-15(13-23(18)21-14)10-19-12-16(17-5-4-8-24-17)22-6-2-3-7-22/h4-5,8-9,15-16,19-20H,2-3,6-7,10-13H2,1H3/t15-,16+/m1/s1. The fourth-order valence-corrected chi connectivity index (χ4v) is 4.75. The van der Waals surface area contributed by atoms with Gasteiger partial charge in [-0.3, -0.25) is 4.90 Å². The van der Waals surface area contributed by atoms with Gasteiger partial charge in [-0.05, 0) is 44.3 Å². The third kappa shape index (κ3) is 3.50. The summed E-state index contributed by atoms with van der Waals surface area (Å²) in [5, 5.41) is 14.0. The summed E-state index contributed by atoms with van der Waals surface area (Å²) in [4.78, 5) is 4.14. The maximum absolute atomic E-state index is 4.57. The minimum absolute atomic E-state index is 0.534. The number of fused-ring (bicyclic) bond motifs is 1. The molecular formula is C18H27N5S. The first-order chi connectivity index (χ1) is 11.8. The summed E-state index contributed by atoms with van der Waals surface area (Å²) in [5.41, 5.74) is 1.10. The molecule has 0 aromatic carbocycles. The molecule has 0 unspecified atom stereocenters. The molecule has 5 nitrogen and oxygen atoms in total. The van der Waals surface area contributed by atoms with Crippen LogP contribution in [0.15, 0.2) is 23.6 Å². The van der Waals surface area contributed by atoms with E-state index in [4.69, 9.17) is 0 Å². The molecule has 2 aromatic heterocycles. The largest absolute Gasteiger partial charge is 0.370 e. The number of anilines is 1. The molecule has 0 aliphatic carbocycles. The Bertz CT molecular complexity index is 644. The number of likely N-dealkylation sites (tertiary alicyclic amines) is 1. The number of thiophene rings is 1. The van der Waals surface area contributed by atoms with Gasteiger partial charge in [-0.1, -0.05) is 6.07 Å². The lowest BCUT2D eigenvalue weighted by Crippen LogP contribution is -2.39. The molecule has 2 aliphatic heterocycles. The highest BCUT2D eigenvalue weighted by atomic mass is 32.1. The highest BCUT2D eigenvalue weighted by Crippen LogP contribution is 2.28. The van der Waals surface area contributed by atoms with Gasteiger partial charge in [-0.15, -0.1) is 11.3 Å². The van der Waals surface area contributed by atoms with Crippen LogP contribution in [0.3, 0.4) is 0 Å². The molecule has 130 valence electrons. The van der Waals surface area contributed by atoms with Crippen LogP contribution in [0.4, 0.5) is 5.82 Å². The van der Waals surface area contributed by atoms with Crippen molar-refractivity contribution < 1.29 is 0 Å². The van der Waals surface area contributed by atoms with Gasteiger partial charge < -0.3 is 10.6 Å². The van der Waals surface area contributed by atoms with E-state index in [-0.39, 0.29) is 0 Å². The fourth-order valence-electron chi connectivity index (χ4n) is 3.89. The average Bonchev–Trinajstić information content (AvgIpc) is 3.32. The van der Waals surface area contributed by atoms with Crippen molar-refractivity contribution in [3.05, 3.63) is 34.2 Å². The number of nitrogens with one attached hydrogen (secondary N) is 2. The quantitative estimate of drug-likeness (QED) is 0.845. The van der Waals surface area contributed by atoms with E-state index in [1.54, 1.807) is 0 Å². The van der Waals surface area contributed by atoms with Crippen LogP contribution in [0.2, 0.25) is 0 Å². The minimum atomic E-state index is 0.534. The van der Waals surface area contributed by atoms with Crippen LogP contribution in [-0.2, 0) is 6.54 Å². The monoisotopic (exact) mass is 345 g/mol. The molecular weight excluding hydrogens is 318 g/mol. The van der Waals surface area contributed by atoms with Crippen LogP contribution in [0, 0.1) is 12.8 Å². The van der Waals surface area contributed by atoms with Crippen molar-refractivity contribution in [1.29, 1.82) is 0 Å². The highest BCUT2D eigenvalue weighted by molar-refractivity contribution is 7.10. The molecule has 4 heterocycles. The number of aromatic nitrogens is 2. The van der Waals surface area contributed by atoms with Gasteiger partial charge in [0, 0.05) is 43.0 Å². The van der Waals surface area contributed by atoms with Crippen LogP contribution in [0.25, 0.3) is 0 Å². The molecule has 2 N–H and O–H groups in total. The summed E-state index contributed by atoms with van der Waals surface area (Å²) in [6.07, 6.45) is 2.69. The van der Waals surface area contributed by atoms with Crippen molar-refractivity contribution in [2.24, 2.45) is 5.92 Å². The summed E-state index contributed by atoms with van der Waals surface area (Å²) >= 11 is 1.89. The first-order valence-electron chi connectivity index (χ1n) is 9.06. The van der Waals surface area contributed by atoms with E-state index in [1.165, 1.54) is 30.8 Å². The van der Waals surface area contributed by atoms with Gasteiger partial charge in [-0.25, -0.2) is 4.68 Å². The van der Waals surface area contributed by atoms with Gasteiger partial charge in [0.1, 0.15) is 5.82 Å². The van der Waals surface area contributed by atoms with Gasteiger partial charge in [-0.2, -0.15) is 5.10 Å². The van der Waals surface area contributed by atoms with Crippen molar-refractivity contribution in [3.63, 3.8) is 0 Å². The molecule has 0 spiro atoms. The van der Waals surface area contributed by atoms with Crippen LogP contribution in [0.1, 0.15) is 29.5 Å². The molecule has 0 radical (unpaired) electrons. The van der Waals surface area contributed by atoms with Crippen LogP contribution in [0.5, 0.6) is 0 Å². The second-order valence-electron chi connectivity index (χ2n) is 7.03.